The van der Waals surface area contributed by atoms with Gasteiger partial charge in [-0.15, -0.1) is 0 Å². The molecule has 1 N–H and O–H groups in total. The summed E-state index contributed by atoms with van der Waals surface area (Å²) >= 11 is 0. The Labute approximate surface area is 104 Å². The number of benzene rings is 1. The molecule has 0 aliphatic carbocycles. The van der Waals surface area contributed by atoms with Crippen LogP contribution in [0.2, 0.25) is 0 Å². The van der Waals surface area contributed by atoms with E-state index in [0.29, 0.717) is 30.6 Å². The molecule has 1 aromatic carbocycles. The quantitative estimate of drug-likeness (QED) is 0.827. The van der Waals surface area contributed by atoms with Gasteiger partial charge in [-0.2, -0.15) is 0 Å². The number of hydrogen-bond donors (Lipinski definition) is 1. The molecule has 0 aromatic heterocycles. The van der Waals surface area contributed by atoms with Crippen molar-refractivity contribution in [1.29, 1.82) is 0 Å². The highest BCUT2D eigenvalue weighted by molar-refractivity contribution is 5.98. The third-order valence-corrected chi connectivity index (χ3v) is 3.08. The van der Waals surface area contributed by atoms with Crippen LogP contribution in [-0.2, 0) is 16.0 Å². The van der Waals surface area contributed by atoms with Crippen molar-refractivity contribution in [2.24, 2.45) is 5.92 Å². The molecule has 2 amide bonds. The molecular weight excluding hydrogens is 237 g/mol. The topological polar surface area (TPSA) is 55.4 Å². The van der Waals surface area contributed by atoms with Crippen LogP contribution >= 0.6 is 0 Å². The molecule has 1 fully saturated rings. The van der Waals surface area contributed by atoms with Gasteiger partial charge in [0.25, 0.3) is 0 Å². The Balaban J connectivity index is 2.09. The van der Waals surface area contributed by atoms with Crippen LogP contribution in [0, 0.1) is 11.7 Å². The largest absolute Gasteiger partial charge is 0.497 e. The van der Waals surface area contributed by atoms with Crippen LogP contribution in [0.3, 0.4) is 0 Å². The van der Waals surface area contributed by atoms with E-state index in [1.807, 2.05) is 0 Å². The van der Waals surface area contributed by atoms with Crippen molar-refractivity contribution in [3.63, 3.8) is 0 Å². The molecule has 0 saturated carbocycles. The van der Waals surface area contributed by atoms with Crippen LogP contribution in [-0.4, -0.2) is 18.9 Å². The summed E-state index contributed by atoms with van der Waals surface area (Å²) in [7, 11) is 1.47. The standard InChI is InChI=1S/C13H14FNO3/c1-18-10-4-2-8(11(14)7-10)6-9-3-5-12(16)15-13(9)17/h2,4,7,9H,3,5-6H2,1H3,(H,15,16,17). The molecule has 1 atom stereocenters. The molecule has 1 aliphatic rings. The first-order valence-corrected chi connectivity index (χ1v) is 5.76. The molecule has 0 spiro atoms. The highest BCUT2D eigenvalue weighted by atomic mass is 19.1. The van der Waals surface area contributed by atoms with Crippen molar-refractivity contribution in [2.75, 3.05) is 7.11 Å². The summed E-state index contributed by atoms with van der Waals surface area (Å²) < 4.78 is 18.6. The SMILES string of the molecule is COc1ccc(CC2CCC(=O)NC2=O)c(F)c1. The van der Waals surface area contributed by atoms with Crippen molar-refractivity contribution < 1.29 is 18.7 Å². The molecule has 5 heteroatoms. The lowest BCUT2D eigenvalue weighted by molar-refractivity contribution is -0.136. The van der Waals surface area contributed by atoms with Crippen LogP contribution < -0.4 is 10.1 Å². The highest BCUT2D eigenvalue weighted by Gasteiger charge is 2.27. The minimum atomic E-state index is -0.390. The van der Waals surface area contributed by atoms with Crippen molar-refractivity contribution in [3.8, 4) is 5.75 Å². The van der Waals surface area contributed by atoms with E-state index in [2.05, 4.69) is 5.32 Å². The number of hydrogen-bond acceptors (Lipinski definition) is 3. The van der Waals surface area contributed by atoms with Crippen LogP contribution in [0.4, 0.5) is 4.39 Å². The Bertz CT molecular complexity index is 487. The Kier molecular flexibility index (Phi) is 3.60. The smallest absolute Gasteiger partial charge is 0.230 e. The molecule has 96 valence electrons. The predicted molar refractivity (Wildman–Crippen MR) is 62.5 cm³/mol. The van der Waals surface area contributed by atoms with Gasteiger partial charge in [-0.1, -0.05) is 6.07 Å². The van der Waals surface area contributed by atoms with Crippen LogP contribution in [0.5, 0.6) is 5.75 Å². The normalized spacial score (nSPS) is 19.6. The average molecular weight is 251 g/mol. The zero-order valence-corrected chi connectivity index (χ0v) is 10.0. The van der Waals surface area contributed by atoms with Gasteiger partial charge in [0.15, 0.2) is 0 Å². The summed E-state index contributed by atoms with van der Waals surface area (Å²) in [5, 5.41) is 2.27. The van der Waals surface area contributed by atoms with E-state index in [1.165, 1.54) is 13.2 Å². The fourth-order valence-corrected chi connectivity index (χ4v) is 2.02. The van der Waals surface area contributed by atoms with Gasteiger partial charge in [0.2, 0.25) is 11.8 Å². The molecular formula is C13H14FNO3. The summed E-state index contributed by atoms with van der Waals surface area (Å²) in [6.45, 7) is 0. The summed E-state index contributed by atoms with van der Waals surface area (Å²) in [5.41, 5.74) is 0.463. The molecule has 1 aliphatic heterocycles. The first-order valence-electron chi connectivity index (χ1n) is 5.76. The summed E-state index contributed by atoms with van der Waals surface area (Å²) in [5.74, 6) is -0.864. The van der Waals surface area contributed by atoms with Crippen molar-refractivity contribution in [3.05, 3.63) is 29.6 Å². The van der Waals surface area contributed by atoms with E-state index < -0.39 is 0 Å². The number of carbonyl (C=O) groups is 2. The number of ether oxygens (including phenoxy) is 1. The maximum atomic E-state index is 13.7. The first-order chi connectivity index (χ1) is 8.60. The van der Waals surface area contributed by atoms with Crippen LogP contribution in [0.1, 0.15) is 18.4 Å². The zero-order valence-electron chi connectivity index (χ0n) is 10.0. The van der Waals surface area contributed by atoms with Gasteiger partial charge in [0, 0.05) is 18.4 Å². The Morgan fingerprint density at radius 2 is 2.22 bits per heavy atom. The lowest BCUT2D eigenvalue weighted by atomic mass is 9.91. The van der Waals surface area contributed by atoms with Crippen molar-refractivity contribution >= 4 is 11.8 Å². The van der Waals surface area contributed by atoms with Gasteiger partial charge in [-0.05, 0) is 24.5 Å². The summed E-state index contributed by atoms with van der Waals surface area (Å²) in [4.78, 5) is 22.6. The lowest BCUT2D eigenvalue weighted by Gasteiger charge is -2.20. The van der Waals surface area contributed by atoms with Gasteiger partial charge in [0.1, 0.15) is 11.6 Å². The number of rotatable bonds is 3. The maximum absolute atomic E-state index is 13.7. The van der Waals surface area contributed by atoms with Gasteiger partial charge < -0.3 is 4.74 Å². The Hall–Kier alpha value is -1.91. The number of carbonyl (C=O) groups excluding carboxylic acids is 2. The van der Waals surface area contributed by atoms with Crippen LogP contribution in [0.25, 0.3) is 0 Å². The second-order valence-corrected chi connectivity index (χ2v) is 4.31. The number of halogens is 1. The van der Waals surface area contributed by atoms with E-state index in [9.17, 15) is 14.0 Å². The number of piperidine rings is 1. The van der Waals surface area contributed by atoms with Crippen LogP contribution in [0.15, 0.2) is 18.2 Å². The molecule has 18 heavy (non-hydrogen) atoms. The van der Waals surface area contributed by atoms with E-state index in [1.54, 1.807) is 12.1 Å². The van der Waals surface area contributed by atoms with Crippen molar-refractivity contribution in [1.82, 2.24) is 5.32 Å². The minimum absolute atomic E-state index is 0.258. The monoisotopic (exact) mass is 251 g/mol. The molecule has 1 aromatic rings. The first kappa shape index (κ1) is 12.5. The van der Waals surface area contributed by atoms with Gasteiger partial charge in [0.05, 0.1) is 7.11 Å². The zero-order chi connectivity index (χ0) is 13.1. The second kappa shape index (κ2) is 5.16. The fourth-order valence-electron chi connectivity index (χ4n) is 2.02. The average Bonchev–Trinajstić information content (AvgIpc) is 2.34. The second-order valence-electron chi connectivity index (χ2n) is 4.31. The molecule has 1 saturated heterocycles. The lowest BCUT2D eigenvalue weighted by Crippen LogP contribution is -2.41. The number of nitrogens with one attached hydrogen (secondary N) is 1. The van der Waals surface area contributed by atoms with Gasteiger partial charge >= 0.3 is 0 Å². The Morgan fingerprint density at radius 3 is 2.83 bits per heavy atom. The number of amides is 2. The summed E-state index contributed by atoms with van der Waals surface area (Å²) in [6.07, 6.45) is 1.08. The molecule has 1 unspecified atom stereocenters. The van der Waals surface area contributed by atoms with Gasteiger partial charge in [-0.25, -0.2) is 4.39 Å². The summed E-state index contributed by atoms with van der Waals surface area (Å²) in [6, 6.07) is 4.56. The minimum Gasteiger partial charge on any atom is -0.497 e. The molecule has 0 radical (unpaired) electrons. The van der Waals surface area contributed by atoms with Crippen molar-refractivity contribution in [2.45, 2.75) is 19.3 Å². The third-order valence-electron chi connectivity index (χ3n) is 3.08. The van der Waals surface area contributed by atoms with E-state index >= 15 is 0 Å². The van der Waals surface area contributed by atoms with Gasteiger partial charge in [-0.3, -0.25) is 14.9 Å². The predicted octanol–water partition coefficient (Wildman–Crippen LogP) is 1.43. The maximum Gasteiger partial charge on any atom is 0.230 e. The number of methoxy groups -OCH3 is 1. The third kappa shape index (κ3) is 2.67. The van der Waals surface area contributed by atoms with E-state index in [4.69, 9.17) is 4.74 Å². The fraction of sp³-hybridized carbons (Fsp3) is 0.385. The van der Waals surface area contributed by atoms with E-state index in [0.717, 1.165) is 0 Å². The Morgan fingerprint density at radius 1 is 1.44 bits per heavy atom. The highest BCUT2D eigenvalue weighted by Crippen LogP contribution is 2.22. The molecule has 0 bridgehead atoms. The van der Waals surface area contributed by atoms with E-state index in [-0.39, 0.29) is 23.5 Å². The number of imide groups is 1. The molecule has 4 nitrogen and oxygen atoms in total. The molecule has 2 rings (SSSR count). The molecule has 1 heterocycles.